The minimum absolute atomic E-state index is 0.743. The van der Waals surface area contributed by atoms with Gasteiger partial charge in [0, 0.05) is 10.6 Å². The van der Waals surface area contributed by atoms with E-state index in [1.165, 1.54) is 0 Å². The summed E-state index contributed by atoms with van der Waals surface area (Å²) in [7, 11) is 0.743. The van der Waals surface area contributed by atoms with Crippen LogP contribution in [0.1, 0.15) is 0 Å². The average Bonchev–Trinajstić information content (AvgIpc) is 1.89. The van der Waals surface area contributed by atoms with E-state index in [9.17, 15) is 0 Å². The fraction of sp³-hybridized carbons (Fsp3) is 0. The molecule has 0 fully saturated rings. The fourth-order valence-electron chi connectivity index (χ4n) is 0.112. The molecule has 0 aliphatic heterocycles. The number of hydrogen-bond donors (Lipinski definition) is 2. The van der Waals surface area contributed by atoms with E-state index in [1.807, 2.05) is 0 Å². The van der Waals surface area contributed by atoms with Crippen LogP contribution >= 0.6 is 0 Å². The first-order chi connectivity index (χ1) is 4.41. The van der Waals surface area contributed by atoms with Crippen LogP contribution in [0.5, 0.6) is 0 Å². The minimum atomic E-state index is 0.743. The summed E-state index contributed by atoms with van der Waals surface area (Å²) in [5, 5.41) is 11.1. The molecule has 0 aromatic carbocycles. The summed E-state index contributed by atoms with van der Waals surface area (Å²) in [5.41, 5.74) is 0. The van der Waals surface area contributed by atoms with Gasteiger partial charge < -0.3 is 21.2 Å². The van der Waals surface area contributed by atoms with Gasteiger partial charge >= 0.3 is 7.69 Å². The molecule has 0 heterocycles. The second-order valence-electron chi connectivity index (χ2n) is 0.701. The maximum absolute atomic E-state index is 4.52. The van der Waals surface area contributed by atoms with Gasteiger partial charge in [0.05, 0.1) is 0 Å². The Hall–Kier alpha value is -1.54. The predicted molar refractivity (Wildman–Crippen MR) is 26.0 cm³/mol. The van der Waals surface area contributed by atoms with Crippen molar-refractivity contribution in [1.29, 1.82) is 0 Å². The number of hydrogen-bond acceptors (Lipinski definition) is 6. The smallest absolute Gasteiger partial charge is 0.400 e. The van der Waals surface area contributed by atoms with Crippen LogP contribution in [0, 0.1) is 0 Å². The molecule has 49 valence electrons. The van der Waals surface area contributed by atoms with Crippen LogP contribution in [-0.4, -0.2) is 7.69 Å². The molecular formula is H4BN6O2. The fourth-order valence-corrected chi connectivity index (χ4v) is 0.112. The van der Waals surface area contributed by atoms with Crippen LogP contribution < -0.4 is 11.7 Å². The lowest BCUT2D eigenvalue weighted by Gasteiger charge is -1.86. The van der Waals surface area contributed by atoms with Crippen molar-refractivity contribution in [2.75, 3.05) is 0 Å². The Kier molecular flexibility index (Phi) is 5.36. The largest absolute Gasteiger partial charge is 0.706 e. The van der Waals surface area contributed by atoms with E-state index >= 15 is 0 Å². The van der Waals surface area contributed by atoms with Gasteiger partial charge in [0.25, 0.3) is 0 Å². The van der Waals surface area contributed by atoms with Gasteiger partial charge in [0.15, 0.2) is 0 Å². The van der Waals surface area contributed by atoms with Crippen molar-refractivity contribution in [3.05, 3.63) is 0 Å². The lowest BCUT2D eigenvalue weighted by molar-refractivity contribution is 0.208. The van der Waals surface area contributed by atoms with E-state index in [1.54, 1.807) is 0 Å². The molecule has 0 rings (SSSR count). The van der Waals surface area contributed by atoms with Gasteiger partial charge in [0.1, 0.15) is 0 Å². The van der Waals surface area contributed by atoms with Crippen molar-refractivity contribution >= 4 is 7.69 Å². The summed E-state index contributed by atoms with van der Waals surface area (Å²) in [4.78, 5) is 0. The van der Waals surface area contributed by atoms with E-state index in [0.717, 1.165) is 7.69 Å². The Morgan fingerprint density at radius 3 is 1.78 bits per heavy atom. The summed E-state index contributed by atoms with van der Waals surface area (Å²) in [6.45, 7) is 0. The quantitative estimate of drug-likeness (QED) is 0.167. The number of nitrogens with zero attached hydrogens (tertiary/aromatic N) is 4. The van der Waals surface area contributed by atoms with E-state index in [-0.39, 0.29) is 0 Å². The molecule has 1 radical (unpaired) electrons. The third kappa shape index (κ3) is 6.46. The van der Waals surface area contributed by atoms with E-state index < -0.39 is 0 Å². The molecular weight excluding hydrogens is 127 g/mol. The zero-order valence-electron chi connectivity index (χ0n) is 4.34. The van der Waals surface area contributed by atoms with Crippen LogP contribution in [0.4, 0.5) is 0 Å². The highest BCUT2D eigenvalue weighted by atomic mass is 16.7. The van der Waals surface area contributed by atoms with Crippen molar-refractivity contribution in [2.45, 2.75) is 0 Å². The molecule has 9 heteroatoms. The molecule has 0 saturated heterocycles. The monoisotopic (exact) mass is 131 g/mol. The van der Waals surface area contributed by atoms with Crippen molar-refractivity contribution in [3.8, 4) is 0 Å². The lowest BCUT2D eigenvalue weighted by atomic mass is 10.4. The van der Waals surface area contributed by atoms with Crippen molar-refractivity contribution < 1.29 is 9.51 Å². The molecule has 0 amide bonds. The highest BCUT2D eigenvalue weighted by Gasteiger charge is 1.91. The summed E-state index contributed by atoms with van der Waals surface area (Å²) >= 11 is 0. The van der Waals surface area contributed by atoms with E-state index in [0.29, 0.717) is 0 Å². The molecule has 8 nitrogen and oxygen atoms in total. The van der Waals surface area contributed by atoms with Crippen LogP contribution in [0.2, 0.25) is 0 Å². The van der Waals surface area contributed by atoms with E-state index in [2.05, 4.69) is 42.2 Å². The van der Waals surface area contributed by atoms with E-state index in [4.69, 9.17) is 0 Å². The Morgan fingerprint density at radius 1 is 1.00 bits per heavy atom. The van der Waals surface area contributed by atoms with Gasteiger partial charge in [-0.25, -0.2) is 0 Å². The molecule has 0 aromatic rings. The molecule has 4 N–H and O–H groups in total. The van der Waals surface area contributed by atoms with Gasteiger partial charge in [-0.2, -0.15) is 0 Å². The van der Waals surface area contributed by atoms with Crippen molar-refractivity contribution in [3.63, 3.8) is 0 Å². The lowest BCUT2D eigenvalue weighted by Crippen LogP contribution is -1.95. The molecule has 9 heavy (non-hydrogen) atoms. The van der Waals surface area contributed by atoms with Gasteiger partial charge in [0.2, 0.25) is 0 Å². The highest BCUT2D eigenvalue weighted by molar-refractivity contribution is 6.17. The first-order valence-corrected chi connectivity index (χ1v) is 1.75. The average molecular weight is 131 g/mol. The van der Waals surface area contributed by atoms with Gasteiger partial charge in [-0.15, -0.1) is 0 Å². The standard InChI is InChI=1S/BH4N6O2/c2-4-6-8-1-9-7-5-3/h(H2,2,6)(H2,3,7). The molecule has 0 aliphatic carbocycles. The molecule has 0 bridgehead atoms. The molecule has 0 aromatic heterocycles. The first kappa shape index (κ1) is 7.46. The first-order valence-electron chi connectivity index (χ1n) is 1.75. The Balaban J connectivity index is 2.91. The maximum atomic E-state index is 4.52. The molecule has 0 saturated carbocycles. The molecule has 0 spiro atoms. The Bertz CT molecular complexity index is 87.2. The Labute approximate surface area is 51.1 Å². The van der Waals surface area contributed by atoms with Gasteiger partial charge in [-0.3, -0.25) is 0 Å². The summed E-state index contributed by atoms with van der Waals surface area (Å²) in [5.74, 6) is 9.04. The zero-order valence-corrected chi connectivity index (χ0v) is 4.34. The highest BCUT2D eigenvalue weighted by Crippen LogP contribution is 1.75. The second-order valence-corrected chi connectivity index (χ2v) is 0.701. The second kappa shape index (κ2) is 6.46. The molecule has 0 atom stereocenters. The topological polar surface area (TPSA) is 120 Å². The van der Waals surface area contributed by atoms with Crippen LogP contribution in [0.25, 0.3) is 0 Å². The predicted octanol–water partition coefficient (Wildman–Crippen LogP) is -0.964. The van der Waals surface area contributed by atoms with Gasteiger partial charge in [-0.1, -0.05) is 0 Å². The molecule has 0 unspecified atom stereocenters. The number of rotatable bonds is 4. The van der Waals surface area contributed by atoms with Crippen molar-refractivity contribution in [2.24, 2.45) is 32.7 Å². The van der Waals surface area contributed by atoms with Gasteiger partial charge in [-0.05, 0) is 10.4 Å². The third-order valence-electron chi connectivity index (χ3n) is 0.275. The van der Waals surface area contributed by atoms with Crippen LogP contribution in [-0.2, 0) is 9.51 Å². The molecule has 0 aliphatic rings. The zero-order chi connectivity index (χ0) is 6.95. The van der Waals surface area contributed by atoms with Crippen LogP contribution in [0.3, 0.4) is 0 Å². The summed E-state index contributed by atoms with van der Waals surface area (Å²) < 4.78 is 8.12. The third-order valence-corrected chi connectivity index (χ3v) is 0.275. The summed E-state index contributed by atoms with van der Waals surface area (Å²) in [6.07, 6.45) is 0. The van der Waals surface area contributed by atoms with Crippen LogP contribution in [0.15, 0.2) is 21.0 Å². The van der Waals surface area contributed by atoms with Crippen molar-refractivity contribution in [1.82, 2.24) is 0 Å². The summed E-state index contributed by atoms with van der Waals surface area (Å²) in [6, 6.07) is 0. The SMILES string of the molecule is NN=NO[B]ON=NN. The Morgan fingerprint density at radius 2 is 1.44 bits per heavy atom. The normalized spacial score (nSPS) is 10.2. The maximum Gasteiger partial charge on any atom is 0.706 e. The number of nitrogens with two attached hydrogens (primary N) is 2. The minimum Gasteiger partial charge on any atom is -0.400 e.